The van der Waals surface area contributed by atoms with Crippen molar-refractivity contribution in [3.8, 4) is 0 Å². The number of sulfonamides is 1. The van der Waals surface area contributed by atoms with Gasteiger partial charge in [-0.3, -0.25) is 0 Å². The summed E-state index contributed by atoms with van der Waals surface area (Å²) in [5, 5.41) is 3.38. The Balaban J connectivity index is 1.69. The maximum atomic E-state index is 12.3. The lowest BCUT2D eigenvalue weighted by molar-refractivity contribution is -0.0667. The van der Waals surface area contributed by atoms with E-state index in [4.69, 9.17) is 4.99 Å². The minimum atomic E-state index is -3.40. The van der Waals surface area contributed by atoms with Gasteiger partial charge in [-0.1, -0.05) is 26.0 Å². The normalized spacial score (nSPS) is 21.7. The molecule has 0 radical (unpaired) electrons. The lowest BCUT2D eigenvalue weighted by atomic mass is 9.65. The molecule has 0 unspecified atom stereocenters. The van der Waals surface area contributed by atoms with Crippen molar-refractivity contribution in [1.29, 1.82) is 0 Å². The fourth-order valence-corrected chi connectivity index (χ4v) is 4.53. The topological polar surface area (TPSA) is 73.8 Å². The highest BCUT2D eigenvalue weighted by Gasteiger charge is 2.53. The summed E-state index contributed by atoms with van der Waals surface area (Å²) in [5.41, 5.74) is 1.28. The van der Waals surface area contributed by atoms with E-state index in [2.05, 4.69) is 49.6 Å². The highest BCUT2D eigenvalue weighted by atomic mass is 32.2. The molecule has 6 nitrogen and oxygen atoms in total. The van der Waals surface area contributed by atoms with Gasteiger partial charge in [-0.15, -0.1) is 0 Å². The van der Waals surface area contributed by atoms with Crippen molar-refractivity contribution in [3.63, 3.8) is 0 Å². The van der Waals surface area contributed by atoms with Crippen molar-refractivity contribution in [2.75, 3.05) is 13.1 Å². The van der Waals surface area contributed by atoms with E-state index in [9.17, 15) is 8.42 Å². The van der Waals surface area contributed by atoms with E-state index >= 15 is 0 Å². The average Bonchev–Trinajstić information content (AvgIpc) is 3.40. The van der Waals surface area contributed by atoms with Gasteiger partial charge in [-0.25, -0.2) is 18.1 Å². The zero-order valence-corrected chi connectivity index (χ0v) is 17.9. The number of guanidine groups is 1. The number of rotatable bonds is 6. The van der Waals surface area contributed by atoms with Gasteiger partial charge in [0.05, 0.1) is 11.4 Å². The Morgan fingerprint density at radius 3 is 2.30 bits per heavy atom. The molecule has 0 spiro atoms. The van der Waals surface area contributed by atoms with E-state index in [1.54, 1.807) is 12.1 Å². The van der Waals surface area contributed by atoms with Gasteiger partial charge >= 0.3 is 0 Å². The van der Waals surface area contributed by atoms with Crippen LogP contribution in [-0.4, -0.2) is 43.9 Å². The van der Waals surface area contributed by atoms with Gasteiger partial charge in [0.2, 0.25) is 10.0 Å². The van der Waals surface area contributed by atoms with Crippen LogP contribution < -0.4 is 10.0 Å². The molecule has 3 rings (SSSR count). The van der Waals surface area contributed by atoms with E-state index in [-0.39, 0.29) is 17.0 Å². The molecular weight excluding hydrogens is 360 g/mol. The number of nitrogens with one attached hydrogen (secondary N) is 2. The van der Waals surface area contributed by atoms with Crippen molar-refractivity contribution in [1.82, 2.24) is 14.9 Å². The third-order valence-corrected chi connectivity index (χ3v) is 7.56. The van der Waals surface area contributed by atoms with Crippen molar-refractivity contribution < 1.29 is 8.42 Å². The first kappa shape index (κ1) is 20.1. The Kier molecular flexibility index (Phi) is 5.29. The molecule has 2 fully saturated rings. The molecule has 2 aliphatic rings. The Morgan fingerprint density at radius 2 is 1.81 bits per heavy atom. The quantitative estimate of drug-likeness (QED) is 0.577. The average molecular weight is 393 g/mol. The minimum absolute atomic E-state index is 0.0421. The maximum Gasteiger partial charge on any atom is 0.240 e. The number of hydrogen-bond acceptors (Lipinski definition) is 3. The molecule has 2 N–H and O–H groups in total. The molecule has 1 aliphatic carbocycles. The second-order valence-corrected chi connectivity index (χ2v) is 10.5. The molecule has 1 heterocycles. The predicted octanol–water partition coefficient (Wildman–Crippen LogP) is 2.71. The Labute approximate surface area is 163 Å². The molecule has 0 bridgehead atoms. The molecule has 1 saturated carbocycles. The van der Waals surface area contributed by atoms with Crippen molar-refractivity contribution in [2.45, 2.75) is 70.5 Å². The Morgan fingerprint density at radius 1 is 1.19 bits per heavy atom. The van der Waals surface area contributed by atoms with Crippen molar-refractivity contribution in [2.24, 2.45) is 10.4 Å². The molecule has 27 heavy (non-hydrogen) atoms. The van der Waals surface area contributed by atoms with Crippen LogP contribution in [0.15, 0.2) is 34.2 Å². The van der Waals surface area contributed by atoms with E-state index < -0.39 is 10.0 Å². The SMILES string of the molecule is CCNC(=NCc1ccc(S(=O)(=O)NC2CC2)cc1)N1CC(C)(C)C1(C)C. The van der Waals surface area contributed by atoms with E-state index in [0.717, 1.165) is 37.5 Å². The van der Waals surface area contributed by atoms with Crippen LogP contribution in [0, 0.1) is 5.41 Å². The van der Waals surface area contributed by atoms with Gasteiger partial charge in [0.25, 0.3) is 0 Å². The van der Waals surface area contributed by atoms with Crippen LogP contribution in [0.1, 0.15) is 53.0 Å². The van der Waals surface area contributed by atoms with Crippen LogP contribution in [0.25, 0.3) is 0 Å². The van der Waals surface area contributed by atoms with Crippen molar-refractivity contribution >= 4 is 16.0 Å². The number of likely N-dealkylation sites (tertiary alicyclic amines) is 1. The molecular formula is C20H32N4O2S. The van der Waals surface area contributed by atoms with Crippen LogP contribution in [0.4, 0.5) is 0 Å². The molecule has 150 valence electrons. The van der Waals surface area contributed by atoms with Crippen LogP contribution in [-0.2, 0) is 16.6 Å². The molecule has 1 aliphatic heterocycles. The minimum Gasteiger partial charge on any atom is -0.356 e. The van der Waals surface area contributed by atoms with Crippen LogP contribution >= 0.6 is 0 Å². The molecule has 0 aromatic heterocycles. The van der Waals surface area contributed by atoms with E-state index in [0.29, 0.717) is 11.4 Å². The number of hydrogen-bond donors (Lipinski definition) is 2. The fourth-order valence-electron chi connectivity index (χ4n) is 3.22. The lowest BCUT2D eigenvalue weighted by Gasteiger charge is -2.62. The second kappa shape index (κ2) is 7.09. The van der Waals surface area contributed by atoms with Crippen LogP contribution in [0.2, 0.25) is 0 Å². The standard InChI is InChI=1S/C20H32N4O2S/c1-6-21-18(24-14-19(2,3)20(24,4)5)22-13-15-7-11-17(12-8-15)27(25,26)23-16-9-10-16/h7-8,11-12,16,23H,6,9-10,13-14H2,1-5H3,(H,21,22). The molecule has 1 saturated heterocycles. The summed E-state index contributed by atoms with van der Waals surface area (Å²) in [6.45, 7) is 13.4. The zero-order chi connectivity index (χ0) is 19.9. The largest absolute Gasteiger partial charge is 0.356 e. The first-order valence-corrected chi connectivity index (χ1v) is 11.2. The van der Waals surface area contributed by atoms with Gasteiger partial charge in [-0.05, 0) is 51.3 Å². The highest BCUT2D eigenvalue weighted by Crippen LogP contribution is 2.46. The molecule has 0 amide bonds. The Bertz CT molecular complexity index is 809. The number of aliphatic imine (C=N–C) groups is 1. The monoisotopic (exact) mass is 392 g/mol. The zero-order valence-electron chi connectivity index (χ0n) is 17.0. The smallest absolute Gasteiger partial charge is 0.240 e. The summed E-state index contributed by atoms with van der Waals surface area (Å²) < 4.78 is 27.2. The molecule has 7 heteroatoms. The number of nitrogens with zero attached hydrogens (tertiary/aromatic N) is 2. The van der Waals surface area contributed by atoms with Crippen LogP contribution in [0.3, 0.4) is 0 Å². The lowest BCUT2D eigenvalue weighted by Crippen LogP contribution is -2.72. The van der Waals surface area contributed by atoms with Gasteiger partial charge in [0.15, 0.2) is 5.96 Å². The summed E-state index contributed by atoms with van der Waals surface area (Å²) in [6.07, 6.45) is 1.87. The summed E-state index contributed by atoms with van der Waals surface area (Å²) >= 11 is 0. The second-order valence-electron chi connectivity index (χ2n) is 8.74. The fraction of sp³-hybridized carbons (Fsp3) is 0.650. The third-order valence-electron chi connectivity index (χ3n) is 6.02. The highest BCUT2D eigenvalue weighted by molar-refractivity contribution is 7.89. The van der Waals surface area contributed by atoms with Crippen LogP contribution in [0.5, 0.6) is 0 Å². The van der Waals surface area contributed by atoms with E-state index in [1.807, 2.05) is 12.1 Å². The first-order valence-electron chi connectivity index (χ1n) is 9.74. The number of benzene rings is 1. The summed E-state index contributed by atoms with van der Waals surface area (Å²) in [5.74, 6) is 0.911. The predicted molar refractivity (Wildman–Crippen MR) is 109 cm³/mol. The molecule has 0 atom stereocenters. The van der Waals surface area contributed by atoms with Gasteiger partial charge < -0.3 is 10.2 Å². The summed E-state index contributed by atoms with van der Waals surface area (Å²) in [6, 6.07) is 7.14. The summed E-state index contributed by atoms with van der Waals surface area (Å²) in [7, 11) is -3.40. The first-order chi connectivity index (χ1) is 12.6. The van der Waals surface area contributed by atoms with Gasteiger partial charge in [-0.2, -0.15) is 0 Å². The van der Waals surface area contributed by atoms with Gasteiger partial charge in [0.1, 0.15) is 0 Å². The third kappa shape index (κ3) is 4.14. The summed E-state index contributed by atoms with van der Waals surface area (Å²) in [4.78, 5) is 7.42. The van der Waals surface area contributed by atoms with Crippen molar-refractivity contribution in [3.05, 3.63) is 29.8 Å². The molecule has 1 aromatic rings. The molecule has 1 aromatic carbocycles. The van der Waals surface area contributed by atoms with E-state index in [1.165, 1.54) is 0 Å². The Hall–Kier alpha value is -1.60. The van der Waals surface area contributed by atoms with Gasteiger partial charge in [0, 0.05) is 30.1 Å². The maximum absolute atomic E-state index is 12.3.